The van der Waals surface area contributed by atoms with Crippen molar-refractivity contribution in [2.75, 3.05) is 6.61 Å². The van der Waals surface area contributed by atoms with E-state index in [1.54, 1.807) is 0 Å². The van der Waals surface area contributed by atoms with Gasteiger partial charge in [0.1, 0.15) is 18.9 Å². The highest BCUT2D eigenvalue weighted by Gasteiger charge is 2.13. The van der Waals surface area contributed by atoms with Crippen molar-refractivity contribution in [2.24, 2.45) is 0 Å². The van der Waals surface area contributed by atoms with E-state index in [0.29, 0.717) is 18.9 Å². The molecule has 0 amide bonds. The van der Waals surface area contributed by atoms with Gasteiger partial charge in [-0.2, -0.15) is 0 Å². The summed E-state index contributed by atoms with van der Waals surface area (Å²) < 4.78 is 7.66. The summed E-state index contributed by atoms with van der Waals surface area (Å²) in [5.74, 6) is 0.665. The quantitative estimate of drug-likeness (QED) is 0.628. The molecular weight excluding hydrogens is 302 g/mol. The highest BCUT2D eigenvalue weighted by Crippen LogP contribution is 2.23. The molecule has 0 N–H and O–H groups in total. The Morgan fingerprint density at radius 1 is 1.39 bits per heavy atom. The number of ether oxygens (including phenoxy) is 1. The molecule has 2 aromatic rings. The first-order chi connectivity index (χ1) is 8.68. The SMILES string of the molecule is O=[N+]([O-])c1ccnn1CCOc1ccccc1Br. The maximum absolute atomic E-state index is 10.7. The third-order valence-corrected chi connectivity index (χ3v) is 2.93. The molecule has 7 heteroatoms. The second-order valence-electron chi connectivity index (χ2n) is 3.45. The van der Waals surface area contributed by atoms with E-state index in [1.807, 2.05) is 24.3 Å². The van der Waals surface area contributed by atoms with Gasteiger partial charge in [0, 0.05) is 0 Å². The first-order valence-electron chi connectivity index (χ1n) is 5.22. The van der Waals surface area contributed by atoms with Gasteiger partial charge in [-0.1, -0.05) is 17.2 Å². The van der Waals surface area contributed by atoms with Gasteiger partial charge >= 0.3 is 5.82 Å². The molecule has 0 aliphatic carbocycles. The number of para-hydroxylation sites is 1. The largest absolute Gasteiger partial charge is 0.488 e. The molecule has 0 spiro atoms. The topological polar surface area (TPSA) is 70.2 Å². The number of halogens is 1. The lowest BCUT2D eigenvalue weighted by Crippen LogP contribution is -2.11. The molecule has 0 saturated heterocycles. The molecule has 0 radical (unpaired) electrons. The molecule has 1 aromatic carbocycles. The van der Waals surface area contributed by atoms with Crippen molar-refractivity contribution in [3.8, 4) is 5.75 Å². The van der Waals surface area contributed by atoms with Gasteiger partial charge in [-0.3, -0.25) is 0 Å². The summed E-state index contributed by atoms with van der Waals surface area (Å²) >= 11 is 3.36. The molecule has 0 unspecified atom stereocenters. The molecule has 0 aliphatic heterocycles. The minimum Gasteiger partial charge on any atom is -0.488 e. The van der Waals surface area contributed by atoms with E-state index in [4.69, 9.17) is 4.74 Å². The Balaban J connectivity index is 1.95. The van der Waals surface area contributed by atoms with Crippen molar-refractivity contribution >= 4 is 21.7 Å². The summed E-state index contributed by atoms with van der Waals surface area (Å²) in [6, 6.07) is 8.79. The molecule has 0 fully saturated rings. The van der Waals surface area contributed by atoms with Crippen LogP contribution in [0.15, 0.2) is 41.0 Å². The highest BCUT2D eigenvalue weighted by atomic mass is 79.9. The lowest BCUT2D eigenvalue weighted by Gasteiger charge is -2.06. The second-order valence-corrected chi connectivity index (χ2v) is 4.30. The van der Waals surface area contributed by atoms with Gasteiger partial charge in [0.05, 0.1) is 16.7 Å². The normalized spacial score (nSPS) is 10.3. The van der Waals surface area contributed by atoms with Crippen LogP contribution in [0.4, 0.5) is 5.82 Å². The first-order valence-corrected chi connectivity index (χ1v) is 6.01. The first kappa shape index (κ1) is 12.6. The van der Waals surface area contributed by atoms with E-state index in [0.717, 1.165) is 4.47 Å². The Kier molecular flexibility index (Phi) is 3.93. The van der Waals surface area contributed by atoms with Crippen LogP contribution >= 0.6 is 15.9 Å². The number of nitrogens with zero attached hydrogens (tertiary/aromatic N) is 3. The number of hydrogen-bond donors (Lipinski definition) is 0. The average Bonchev–Trinajstić information content (AvgIpc) is 2.80. The zero-order valence-corrected chi connectivity index (χ0v) is 10.9. The van der Waals surface area contributed by atoms with E-state index in [9.17, 15) is 10.1 Å². The highest BCUT2D eigenvalue weighted by molar-refractivity contribution is 9.10. The van der Waals surface area contributed by atoms with Crippen LogP contribution in [0.25, 0.3) is 0 Å². The molecule has 0 bridgehead atoms. The molecule has 0 aliphatic rings. The fourth-order valence-electron chi connectivity index (χ4n) is 1.46. The van der Waals surface area contributed by atoms with Crippen LogP contribution in [0.2, 0.25) is 0 Å². The number of hydrogen-bond acceptors (Lipinski definition) is 4. The summed E-state index contributed by atoms with van der Waals surface area (Å²) in [6.45, 7) is 0.635. The average molecular weight is 312 g/mol. The van der Waals surface area contributed by atoms with Crippen LogP contribution in [0, 0.1) is 10.1 Å². The predicted octanol–water partition coefficient (Wildman–Crippen LogP) is 2.63. The predicted molar refractivity (Wildman–Crippen MR) is 68.5 cm³/mol. The van der Waals surface area contributed by atoms with Crippen LogP contribution in [0.3, 0.4) is 0 Å². The molecule has 1 heterocycles. The van der Waals surface area contributed by atoms with Crippen LogP contribution in [0.5, 0.6) is 5.75 Å². The van der Waals surface area contributed by atoms with Gasteiger partial charge in [0.25, 0.3) is 0 Å². The van der Waals surface area contributed by atoms with Crippen molar-refractivity contribution in [3.05, 3.63) is 51.1 Å². The summed E-state index contributed by atoms with van der Waals surface area (Å²) in [7, 11) is 0. The molecule has 6 nitrogen and oxygen atoms in total. The molecule has 18 heavy (non-hydrogen) atoms. The van der Waals surface area contributed by atoms with Crippen LogP contribution in [-0.4, -0.2) is 21.3 Å². The van der Waals surface area contributed by atoms with Crippen LogP contribution in [-0.2, 0) is 6.54 Å². The Hall–Kier alpha value is -1.89. The number of aromatic nitrogens is 2. The van der Waals surface area contributed by atoms with Gasteiger partial charge < -0.3 is 14.9 Å². The van der Waals surface area contributed by atoms with Gasteiger partial charge in [0.15, 0.2) is 0 Å². The zero-order valence-electron chi connectivity index (χ0n) is 9.32. The van der Waals surface area contributed by atoms with E-state index < -0.39 is 4.92 Å². The van der Waals surface area contributed by atoms with Crippen molar-refractivity contribution < 1.29 is 9.66 Å². The number of rotatable bonds is 5. The Labute approximate surface area is 111 Å². The summed E-state index contributed by atoms with van der Waals surface area (Å²) in [5, 5.41) is 14.5. The van der Waals surface area contributed by atoms with Gasteiger partial charge in [-0.15, -0.1) is 4.68 Å². The van der Waals surface area contributed by atoms with Crippen LogP contribution < -0.4 is 4.74 Å². The van der Waals surface area contributed by atoms with Crippen molar-refractivity contribution in [1.82, 2.24) is 9.78 Å². The van der Waals surface area contributed by atoms with Crippen LogP contribution in [0.1, 0.15) is 0 Å². The van der Waals surface area contributed by atoms with Crippen molar-refractivity contribution in [3.63, 3.8) is 0 Å². The Morgan fingerprint density at radius 2 is 2.17 bits per heavy atom. The monoisotopic (exact) mass is 311 g/mol. The number of benzene rings is 1. The van der Waals surface area contributed by atoms with Gasteiger partial charge in [0.2, 0.25) is 0 Å². The standard InChI is InChI=1S/C11H10BrN3O3/c12-9-3-1-2-4-10(9)18-8-7-14-11(15(16)17)5-6-13-14/h1-6H,7-8H2. The fraction of sp³-hybridized carbons (Fsp3) is 0.182. The summed E-state index contributed by atoms with van der Waals surface area (Å²) in [6.07, 6.45) is 1.40. The van der Waals surface area contributed by atoms with E-state index >= 15 is 0 Å². The summed E-state index contributed by atoms with van der Waals surface area (Å²) in [4.78, 5) is 10.2. The lowest BCUT2D eigenvalue weighted by atomic mass is 10.3. The fourth-order valence-corrected chi connectivity index (χ4v) is 1.86. The minimum atomic E-state index is -0.467. The Bertz CT molecular complexity index is 556. The third kappa shape index (κ3) is 2.86. The maximum atomic E-state index is 10.7. The van der Waals surface area contributed by atoms with Gasteiger partial charge in [-0.25, -0.2) is 0 Å². The number of nitro groups is 1. The third-order valence-electron chi connectivity index (χ3n) is 2.28. The van der Waals surface area contributed by atoms with E-state index in [-0.39, 0.29) is 5.82 Å². The maximum Gasteiger partial charge on any atom is 0.344 e. The van der Waals surface area contributed by atoms with Gasteiger partial charge in [-0.05, 0) is 33.0 Å². The zero-order chi connectivity index (χ0) is 13.0. The second kappa shape index (κ2) is 5.63. The molecule has 1 aromatic heterocycles. The molecule has 94 valence electrons. The van der Waals surface area contributed by atoms with Crippen molar-refractivity contribution in [1.29, 1.82) is 0 Å². The summed E-state index contributed by atoms with van der Waals surface area (Å²) in [5.41, 5.74) is 0. The van der Waals surface area contributed by atoms with Crippen molar-refractivity contribution in [2.45, 2.75) is 6.54 Å². The van der Waals surface area contributed by atoms with E-state index in [2.05, 4.69) is 21.0 Å². The lowest BCUT2D eigenvalue weighted by molar-refractivity contribution is -0.392. The van der Waals surface area contributed by atoms with E-state index in [1.165, 1.54) is 16.9 Å². The minimum absolute atomic E-state index is 0.0364. The smallest absolute Gasteiger partial charge is 0.344 e. The Morgan fingerprint density at radius 3 is 2.89 bits per heavy atom. The molecule has 0 atom stereocenters. The molecule has 2 rings (SSSR count). The molecule has 0 saturated carbocycles. The molecular formula is C11H10BrN3O3.